The Balaban J connectivity index is 1.82. The second-order valence-electron chi connectivity index (χ2n) is 6.39. The maximum absolute atomic E-state index is 11.9. The highest BCUT2D eigenvalue weighted by molar-refractivity contribution is 14.1. The highest BCUT2D eigenvalue weighted by atomic mass is 127. The minimum absolute atomic E-state index is 0.140. The van der Waals surface area contributed by atoms with Crippen molar-refractivity contribution in [2.24, 2.45) is 11.3 Å². The van der Waals surface area contributed by atoms with Crippen molar-refractivity contribution in [1.82, 2.24) is 4.90 Å². The lowest BCUT2D eigenvalue weighted by atomic mass is 9.91. The smallest absolute Gasteiger partial charge is 0.410 e. The van der Waals surface area contributed by atoms with E-state index in [1.165, 1.54) is 23.7 Å². The highest BCUT2D eigenvalue weighted by Crippen LogP contribution is 2.59. The van der Waals surface area contributed by atoms with Gasteiger partial charge < -0.3 is 9.64 Å². The minimum atomic E-state index is -0.378. The number of rotatable bonds is 1. The lowest BCUT2D eigenvalue weighted by Gasteiger charge is -2.34. The third-order valence-electron chi connectivity index (χ3n) is 3.96. The molecule has 0 radical (unpaired) electrons. The molecular weight excluding hydrogens is 329 g/mol. The van der Waals surface area contributed by atoms with E-state index in [0.29, 0.717) is 5.41 Å². The molecule has 1 aliphatic carbocycles. The van der Waals surface area contributed by atoms with Crippen LogP contribution in [0.15, 0.2) is 0 Å². The molecule has 1 spiro atoms. The van der Waals surface area contributed by atoms with Crippen LogP contribution < -0.4 is 0 Å². The number of alkyl halides is 1. The second kappa shape index (κ2) is 4.59. The third kappa shape index (κ3) is 3.06. The molecule has 1 aliphatic heterocycles. The molecule has 0 aromatic heterocycles. The molecule has 2 aliphatic rings. The van der Waals surface area contributed by atoms with E-state index < -0.39 is 0 Å². The van der Waals surface area contributed by atoms with E-state index in [-0.39, 0.29) is 11.7 Å². The zero-order valence-corrected chi connectivity index (χ0v) is 13.1. The maximum atomic E-state index is 11.9. The van der Waals surface area contributed by atoms with Gasteiger partial charge in [0.25, 0.3) is 0 Å². The molecule has 1 saturated heterocycles. The molecule has 3 nitrogen and oxygen atoms in total. The van der Waals surface area contributed by atoms with E-state index in [1.807, 2.05) is 25.7 Å². The number of carbonyl (C=O) groups excluding carboxylic acids is 1. The van der Waals surface area contributed by atoms with E-state index in [2.05, 4.69) is 22.6 Å². The summed E-state index contributed by atoms with van der Waals surface area (Å²) in [7, 11) is 0. The molecule has 2 rings (SSSR count). The fraction of sp³-hybridized carbons (Fsp3) is 0.923. The largest absolute Gasteiger partial charge is 0.444 e. The van der Waals surface area contributed by atoms with Gasteiger partial charge in [0, 0.05) is 17.5 Å². The lowest BCUT2D eigenvalue weighted by molar-refractivity contribution is 0.0167. The summed E-state index contributed by atoms with van der Waals surface area (Å²) in [5, 5.41) is 0. The van der Waals surface area contributed by atoms with Gasteiger partial charge in [-0.05, 0) is 51.4 Å². The Kier molecular flexibility index (Phi) is 3.63. The fourth-order valence-electron chi connectivity index (χ4n) is 2.72. The summed E-state index contributed by atoms with van der Waals surface area (Å²) in [5.74, 6) is 0.906. The zero-order chi connectivity index (χ0) is 12.7. The first-order valence-corrected chi connectivity index (χ1v) is 7.93. The monoisotopic (exact) mass is 351 g/mol. The van der Waals surface area contributed by atoms with Crippen molar-refractivity contribution >= 4 is 28.7 Å². The summed E-state index contributed by atoms with van der Waals surface area (Å²) in [6, 6.07) is 0. The van der Waals surface area contributed by atoms with Gasteiger partial charge in [-0.15, -0.1) is 0 Å². The van der Waals surface area contributed by atoms with Crippen LogP contribution in [-0.2, 0) is 4.74 Å². The van der Waals surface area contributed by atoms with Crippen LogP contribution >= 0.6 is 22.6 Å². The first-order valence-electron chi connectivity index (χ1n) is 6.40. The molecule has 0 aromatic rings. The predicted octanol–water partition coefficient (Wildman–Crippen LogP) is 3.46. The molecule has 1 unspecified atom stereocenters. The van der Waals surface area contributed by atoms with Crippen molar-refractivity contribution in [1.29, 1.82) is 0 Å². The summed E-state index contributed by atoms with van der Waals surface area (Å²) in [5.41, 5.74) is 0.205. The first kappa shape index (κ1) is 13.4. The SMILES string of the molecule is CC(C)(C)OC(=O)N1CCC2(CC1)CC2CI. The number of amides is 1. The van der Waals surface area contributed by atoms with E-state index in [9.17, 15) is 4.79 Å². The standard InChI is InChI=1S/C13H22INO2/c1-12(2,3)17-11(16)15-6-4-13(5-7-15)8-10(13)9-14/h10H,4-9H2,1-3H3. The van der Waals surface area contributed by atoms with Gasteiger partial charge in [0.2, 0.25) is 0 Å². The Hall–Kier alpha value is 0. The number of ether oxygens (including phenoxy) is 1. The fourth-order valence-corrected chi connectivity index (χ4v) is 3.97. The first-order chi connectivity index (χ1) is 7.86. The van der Waals surface area contributed by atoms with E-state index in [1.54, 1.807) is 0 Å². The Labute approximate surface area is 117 Å². The number of nitrogens with zero attached hydrogens (tertiary/aromatic N) is 1. The average molecular weight is 351 g/mol. The quantitative estimate of drug-likeness (QED) is 0.535. The lowest BCUT2D eigenvalue weighted by Crippen LogP contribution is -2.42. The molecular formula is C13H22INO2. The number of carbonyl (C=O) groups is 1. The van der Waals surface area contributed by atoms with Crippen LogP contribution in [0, 0.1) is 11.3 Å². The Morgan fingerprint density at radius 2 is 2.00 bits per heavy atom. The summed E-state index contributed by atoms with van der Waals surface area (Å²) >= 11 is 2.48. The van der Waals surface area contributed by atoms with Gasteiger partial charge in [0.1, 0.15) is 5.60 Å². The van der Waals surface area contributed by atoms with Crippen molar-refractivity contribution in [2.45, 2.75) is 45.6 Å². The molecule has 0 N–H and O–H groups in total. The molecule has 0 bridgehead atoms. The van der Waals surface area contributed by atoms with Crippen molar-refractivity contribution in [3.8, 4) is 0 Å². The third-order valence-corrected chi connectivity index (χ3v) is 5.02. The van der Waals surface area contributed by atoms with Crippen LogP contribution in [-0.4, -0.2) is 34.1 Å². The number of halogens is 1. The number of hydrogen-bond acceptors (Lipinski definition) is 2. The molecule has 0 aromatic carbocycles. The molecule has 1 amide bonds. The summed E-state index contributed by atoms with van der Waals surface area (Å²) in [6.45, 7) is 7.51. The average Bonchev–Trinajstić information content (AvgIpc) is 2.90. The van der Waals surface area contributed by atoms with Crippen molar-refractivity contribution in [2.75, 3.05) is 17.5 Å². The van der Waals surface area contributed by atoms with Gasteiger partial charge in [0.05, 0.1) is 0 Å². The van der Waals surface area contributed by atoms with Crippen molar-refractivity contribution in [3.63, 3.8) is 0 Å². The van der Waals surface area contributed by atoms with Crippen LogP contribution in [0.4, 0.5) is 4.79 Å². The number of piperidine rings is 1. The second-order valence-corrected chi connectivity index (χ2v) is 7.27. The normalized spacial score (nSPS) is 27.1. The van der Waals surface area contributed by atoms with Crippen molar-refractivity contribution in [3.05, 3.63) is 0 Å². The Morgan fingerprint density at radius 3 is 2.41 bits per heavy atom. The highest BCUT2D eigenvalue weighted by Gasteiger charge is 2.54. The van der Waals surface area contributed by atoms with Gasteiger partial charge in [-0.1, -0.05) is 22.6 Å². The van der Waals surface area contributed by atoms with E-state index >= 15 is 0 Å². The predicted molar refractivity (Wildman–Crippen MR) is 76.5 cm³/mol. The molecule has 17 heavy (non-hydrogen) atoms. The topological polar surface area (TPSA) is 29.5 Å². The van der Waals surface area contributed by atoms with Crippen LogP contribution in [0.5, 0.6) is 0 Å². The molecule has 1 saturated carbocycles. The molecule has 2 fully saturated rings. The minimum Gasteiger partial charge on any atom is -0.444 e. The Bertz CT molecular complexity index is 303. The molecule has 4 heteroatoms. The van der Waals surface area contributed by atoms with E-state index in [4.69, 9.17) is 4.74 Å². The molecule has 1 heterocycles. The summed E-state index contributed by atoms with van der Waals surface area (Å²) < 4.78 is 6.67. The van der Waals surface area contributed by atoms with Gasteiger partial charge in [0.15, 0.2) is 0 Å². The summed E-state index contributed by atoms with van der Waals surface area (Å²) in [6.07, 6.45) is 3.57. The number of hydrogen-bond donors (Lipinski definition) is 0. The van der Waals surface area contributed by atoms with Gasteiger partial charge in [-0.3, -0.25) is 0 Å². The molecule has 98 valence electrons. The van der Waals surface area contributed by atoms with Crippen molar-refractivity contribution < 1.29 is 9.53 Å². The van der Waals surface area contributed by atoms with Crippen LogP contribution in [0.1, 0.15) is 40.0 Å². The zero-order valence-electron chi connectivity index (χ0n) is 11.0. The van der Waals surface area contributed by atoms with Crippen LogP contribution in [0.25, 0.3) is 0 Å². The summed E-state index contributed by atoms with van der Waals surface area (Å²) in [4.78, 5) is 13.8. The number of likely N-dealkylation sites (tertiary alicyclic amines) is 1. The van der Waals surface area contributed by atoms with E-state index in [0.717, 1.165) is 19.0 Å². The maximum Gasteiger partial charge on any atom is 0.410 e. The molecule has 1 atom stereocenters. The van der Waals surface area contributed by atoms with Gasteiger partial charge >= 0.3 is 6.09 Å². The van der Waals surface area contributed by atoms with Crippen LogP contribution in [0.3, 0.4) is 0 Å². The van der Waals surface area contributed by atoms with Gasteiger partial charge in [-0.25, -0.2) is 4.79 Å². The Morgan fingerprint density at radius 1 is 1.41 bits per heavy atom. The van der Waals surface area contributed by atoms with Crippen LogP contribution in [0.2, 0.25) is 0 Å². The van der Waals surface area contributed by atoms with Gasteiger partial charge in [-0.2, -0.15) is 0 Å².